The first-order chi connectivity index (χ1) is 5.36. The molecule has 2 heterocycles. The molecule has 0 aliphatic carbocycles. The number of nitrogens with zero attached hydrogens (tertiary/aromatic N) is 3. The third-order valence-corrected chi connectivity index (χ3v) is 2.06. The van der Waals surface area contributed by atoms with Gasteiger partial charge in [0, 0.05) is 17.8 Å². The van der Waals surface area contributed by atoms with Crippen molar-refractivity contribution in [3.63, 3.8) is 0 Å². The van der Waals surface area contributed by atoms with Crippen molar-refractivity contribution in [3.05, 3.63) is 23.8 Å². The summed E-state index contributed by atoms with van der Waals surface area (Å²) in [7, 11) is 0. The SMILES string of the molecule is Nc1csc(-n2cccn2)n1. The summed E-state index contributed by atoms with van der Waals surface area (Å²) in [6.45, 7) is 0. The molecule has 0 saturated heterocycles. The zero-order chi connectivity index (χ0) is 7.68. The number of nitrogen functional groups attached to an aromatic ring is 1. The summed E-state index contributed by atoms with van der Waals surface area (Å²) in [5.74, 6) is 0.542. The molecule has 0 aromatic carbocycles. The summed E-state index contributed by atoms with van der Waals surface area (Å²) < 4.78 is 1.68. The van der Waals surface area contributed by atoms with E-state index in [0.29, 0.717) is 5.82 Å². The van der Waals surface area contributed by atoms with Crippen LogP contribution in [0.3, 0.4) is 0 Å². The molecule has 4 nitrogen and oxygen atoms in total. The van der Waals surface area contributed by atoms with Crippen molar-refractivity contribution >= 4 is 17.2 Å². The van der Waals surface area contributed by atoms with E-state index >= 15 is 0 Å². The first-order valence-electron chi connectivity index (χ1n) is 3.07. The predicted molar refractivity (Wildman–Crippen MR) is 43.6 cm³/mol. The lowest BCUT2D eigenvalue weighted by molar-refractivity contribution is 0.871. The van der Waals surface area contributed by atoms with Gasteiger partial charge in [0.1, 0.15) is 5.82 Å². The Balaban J connectivity index is 2.45. The second-order valence-electron chi connectivity index (χ2n) is 2.01. The smallest absolute Gasteiger partial charge is 0.212 e. The van der Waals surface area contributed by atoms with E-state index in [1.54, 1.807) is 16.3 Å². The van der Waals surface area contributed by atoms with E-state index in [0.717, 1.165) is 5.13 Å². The fourth-order valence-corrected chi connectivity index (χ4v) is 1.42. The highest BCUT2D eigenvalue weighted by molar-refractivity contribution is 7.12. The zero-order valence-corrected chi connectivity index (χ0v) is 6.45. The highest BCUT2D eigenvalue weighted by atomic mass is 32.1. The van der Waals surface area contributed by atoms with Crippen molar-refractivity contribution in [1.29, 1.82) is 0 Å². The van der Waals surface area contributed by atoms with Crippen LogP contribution in [0.5, 0.6) is 0 Å². The molecule has 0 radical (unpaired) electrons. The molecule has 5 heteroatoms. The van der Waals surface area contributed by atoms with E-state index in [4.69, 9.17) is 5.73 Å². The average molecular weight is 166 g/mol. The van der Waals surface area contributed by atoms with Crippen LogP contribution in [0.1, 0.15) is 0 Å². The lowest BCUT2D eigenvalue weighted by Gasteiger charge is -1.90. The van der Waals surface area contributed by atoms with E-state index < -0.39 is 0 Å². The number of aromatic nitrogens is 3. The highest BCUT2D eigenvalue weighted by Crippen LogP contribution is 2.14. The van der Waals surface area contributed by atoms with Crippen LogP contribution >= 0.6 is 11.3 Å². The molecule has 0 aliphatic rings. The number of nitrogens with two attached hydrogens (primary N) is 1. The molecule has 0 spiro atoms. The van der Waals surface area contributed by atoms with Crippen molar-refractivity contribution in [2.75, 3.05) is 5.73 Å². The standard InChI is InChI=1S/C6H6N4S/c7-5-4-11-6(9-5)10-3-1-2-8-10/h1-4H,7H2. The van der Waals surface area contributed by atoms with Crippen LogP contribution < -0.4 is 5.73 Å². The maximum absolute atomic E-state index is 5.44. The molecule has 2 aromatic heterocycles. The molecule has 11 heavy (non-hydrogen) atoms. The van der Waals surface area contributed by atoms with Crippen LogP contribution in [0.4, 0.5) is 5.82 Å². The molecule has 0 saturated carbocycles. The molecule has 2 aromatic rings. The van der Waals surface area contributed by atoms with Gasteiger partial charge in [0.15, 0.2) is 0 Å². The quantitative estimate of drug-likeness (QED) is 0.685. The molecule has 2 N–H and O–H groups in total. The Hall–Kier alpha value is -1.36. The summed E-state index contributed by atoms with van der Waals surface area (Å²) in [5.41, 5.74) is 5.44. The predicted octanol–water partition coefficient (Wildman–Crippen LogP) is 0.911. The molecular formula is C6H6N4S. The van der Waals surface area contributed by atoms with E-state index in [-0.39, 0.29) is 0 Å². The number of anilines is 1. The lowest BCUT2D eigenvalue weighted by atomic mass is 10.7. The second-order valence-corrected chi connectivity index (χ2v) is 2.84. The minimum atomic E-state index is 0.542. The summed E-state index contributed by atoms with van der Waals surface area (Å²) in [6, 6.07) is 1.84. The van der Waals surface area contributed by atoms with Crippen molar-refractivity contribution in [1.82, 2.24) is 14.8 Å². The molecule has 0 unspecified atom stereocenters. The Morgan fingerprint density at radius 3 is 3.00 bits per heavy atom. The molecule has 56 valence electrons. The maximum Gasteiger partial charge on any atom is 0.212 e. The van der Waals surface area contributed by atoms with Gasteiger partial charge in [-0.25, -0.2) is 9.67 Å². The molecule has 0 bridgehead atoms. The van der Waals surface area contributed by atoms with E-state index in [9.17, 15) is 0 Å². The van der Waals surface area contributed by atoms with Gasteiger partial charge >= 0.3 is 0 Å². The largest absolute Gasteiger partial charge is 0.383 e. The van der Waals surface area contributed by atoms with Crippen molar-refractivity contribution < 1.29 is 0 Å². The number of thiazole rings is 1. The van der Waals surface area contributed by atoms with Gasteiger partial charge in [0.2, 0.25) is 5.13 Å². The third kappa shape index (κ3) is 1.10. The van der Waals surface area contributed by atoms with Crippen molar-refractivity contribution in [2.24, 2.45) is 0 Å². The molecule has 0 aliphatic heterocycles. The summed E-state index contributed by atoms with van der Waals surface area (Å²) in [5, 5.41) is 6.60. The fourth-order valence-electron chi connectivity index (χ4n) is 0.763. The van der Waals surface area contributed by atoms with Crippen LogP contribution in [0.15, 0.2) is 23.8 Å². The Morgan fingerprint density at radius 2 is 2.45 bits per heavy atom. The van der Waals surface area contributed by atoms with Gasteiger partial charge in [0.25, 0.3) is 0 Å². The van der Waals surface area contributed by atoms with E-state index in [1.165, 1.54) is 11.3 Å². The van der Waals surface area contributed by atoms with E-state index in [2.05, 4.69) is 10.1 Å². The first-order valence-corrected chi connectivity index (χ1v) is 3.95. The lowest BCUT2D eigenvalue weighted by Crippen LogP contribution is -1.93. The normalized spacial score (nSPS) is 10.2. The van der Waals surface area contributed by atoms with Crippen LogP contribution in [0.2, 0.25) is 0 Å². The number of hydrogen-bond acceptors (Lipinski definition) is 4. The summed E-state index contributed by atoms with van der Waals surface area (Å²) in [6.07, 6.45) is 3.54. The monoisotopic (exact) mass is 166 g/mol. The van der Waals surface area contributed by atoms with Gasteiger partial charge in [0.05, 0.1) is 0 Å². The Bertz CT molecular complexity index is 337. The summed E-state index contributed by atoms with van der Waals surface area (Å²) >= 11 is 1.47. The van der Waals surface area contributed by atoms with Crippen LogP contribution in [0, 0.1) is 0 Å². The van der Waals surface area contributed by atoms with Gasteiger partial charge in [-0.15, -0.1) is 11.3 Å². The van der Waals surface area contributed by atoms with Gasteiger partial charge in [-0.1, -0.05) is 0 Å². The minimum Gasteiger partial charge on any atom is -0.383 e. The third-order valence-electron chi connectivity index (χ3n) is 1.21. The fraction of sp³-hybridized carbons (Fsp3) is 0. The topological polar surface area (TPSA) is 56.7 Å². The summed E-state index contributed by atoms with van der Waals surface area (Å²) in [4.78, 5) is 4.05. The highest BCUT2D eigenvalue weighted by Gasteiger charge is 1.99. The van der Waals surface area contributed by atoms with Gasteiger partial charge in [-0.2, -0.15) is 5.10 Å². The number of rotatable bonds is 1. The van der Waals surface area contributed by atoms with Crippen molar-refractivity contribution in [3.8, 4) is 5.13 Å². The number of hydrogen-bond donors (Lipinski definition) is 1. The van der Waals surface area contributed by atoms with Crippen LogP contribution in [-0.2, 0) is 0 Å². The van der Waals surface area contributed by atoms with Crippen molar-refractivity contribution in [2.45, 2.75) is 0 Å². The maximum atomic E-state index is 5.44. The molecule has 2 rings (SSSR count). The molecule has 0 atom stereocenters. The molecule has 0 amide bonds. The van der Waals surface area contributed by atoms with Crippen LogP contribution in [-0.4, -0.2) is 14.8 Å². The van der Waals surface area contributed by atoms with Crippen LogP contribution in [0.25, 0.3) is 5.13 Å². The van der Waals surface area contributed by atoms with E-state index in [1.807, 2.05) is 12.3 Å². The average Bonchev–Trinajstić information content (AvgIpc) is 2.55. The second kappa shape index (κ2) is 2.35. The Kier molecular flexibility index (Phi) is 1.36. The first kappa shape index (κ1) is 6.36. The van der Waals surface area contributed by atoms with Gasteiger partial charge in [-0.05, 0) is 6.07 Å². The minimum absolute atomic E-state index is 0.542. The molecule has 0 fully saturated rings. The van der Waals surface area contributed by atoms with Gasteiger partial charge in [-0.3, -0.25) is 0 Å². The zero-order valence-electron chi connectivity index (χ0n) is 5.64. The Morgan fingerprint density at radius 1 is 1.55 bits per heavy atom. The Labute approximate surface area is 67.3 Å². The van der Waals surface area contributed by atoms with Gasteiger partial charge < -0.3 is 5.73 Å². The molecular weight excluding hydrogens is 160 g/mol.